The van der Waals surface area contributed by atoms with Crippen molar-refractivity contribution in [2.45, 2.75) is 121 Å². The Balaban J connectivity index is 1.63. The quantitative estimate of drug-likeness (QED) is 0.0388. The number of hydrazine groups is 1. The third kappa shape index (κ3) is 16.0. The maximum Gasteiger partial charge on any atom is 0.408 e. The first-order valence-corrected chi connectivity index (χ1v) is 23.5. The van der Waals surface area contributed by atoms with Crippen molar-refractivity contribution in [1.29, 1.82) is 0 Å². The number of nitrogens with two attached hydrogens (primary N) is 2. The van der Waals surface area contributed by atoms with E-state index in [1.807, 2.05) is 62.6 Å². The molecule has 6 atom stereocenters. The van der Waals surface area contributed by atoms with Crippen LogP contribution in [0.25, 0.3) is 10.8 Å². The number of ether oxygens (including phenoxy) is 1. The predicted octanol–water partition coefficient (Wildman–Crippen LogP) is 2.11. The number of thioether (sulfide) groups is 1. The highest BCUT2D eigenvalue weighted by Gasteiger charge is 2.42. The van der Waals surface area contributed by atoms with Gasteiger partial charge in [0.25, 0.3) is 5.91 Å². The number of likely N-dealkylation sites (tertiary alicyclic amines) is 1. The van der Waals surface area contributed by atoms with Crippen molar-refractivity contribution >= 4 is 70.0 Å². The average molecular weight is 932 g/mol. The van der Waals surface area contributed by atoms with Gasteiger partial charge in [-0.1, -0.05) is 86.6 Å². The van der Waals surface area contributed by atoms with Gasteiger partial charge >= 0.3 is 6.09 Å². The molecular formula is C47H65N9O9S. The summed E-state index contributed by atoms with van der Waals surface area (Å²) in [7, 11) is 0. The van der Waals surface area contributed by atoms with Crippen LogP contribution in [0.4, 0.5) is 4.79 Å². The zero-order valence-electron chi connectivity index (χ0n) is 38.5. The number of rotatable bonds is 23. The third-order valence-corrected chi connectivity index (χ3v) is 11.5. The van der Waals surface area contributed by atoms with Gasteiger partial charge in [-0.05, 0) is 86.3 Å². The molecule has 0 spiro atoms. The molecule has 66 heavy (non-hydrogen) atoms. The molecule has 1 aliphatic rings. The molecule has 0 bridgehead atoms. The number of nitrogens with one attached hydrogen (secondary N) is 6. The third-order valence-electron chi connectivity index (χ3n) is 10.9. The Bertz CT molecular complexity index is 2180. The minimum atomic E-state index is -1.34. The van der Waals surface area contributed by atoms with E-state index >= 15 is 0 Å². The van der Waals surface area contributed by atoms with Gasteiger partial charge < -0.3 is 42.0 Å². The molecule has 8 amide bonds. The van der Waals surface area contributed by atoms with E-state index in [1.54, 1.807) is 51.1 Å². The average Bonchev–Trinajstić information content (AvgIpc) is 3.62. The summed E-state index contributed by atoms with van der Waals surface area (Å²) in [6.07, 6.45) is 1.19. The SMILES string of the molecule is CSCC[C@H](NC(=O)[C@H](CC(C)C)N1CC[C@@H](NC(=O)[C@H](Cc2ccccc2)NC(=O)[C@H](Cc2cccc3ccccc23)NC(=O)[C@H](CCC(N)=O)NC(=O)OC(C)(C)C)C1=O)C(=O)NN. The van der Waals surface area contributed by atoms with Crippen molar-refractivity contribution < 1.29 is 43.1 Å². The summed E-state index contributed by atoms with van der Waals surface area (Å²) in [5, 5.41) is 15.4. The van der Waals surface area contributed by atoms with E-state index in [1.165, 1.54) is 16.7 Å². The van der Waals surface area contributed by atoms with E-state index in [-0.39, 0.29) is 51.0 Å². The number of hydrogen-bond donors (Lipinski definition) is 8. The van der Waals surface area contributed by atoms with Crippen molar-refractivity contribution in [2.24, 2.45) is 17.5 Å². The molecule has 358 valence electrons. The summed E-state index contributed by atoms with van der Waals surface area (Å²) < 4.78 is 5.37. The highest BCUT2D eigenvalue weighted by Crippen LogP contribution is 2.23. The van der Waals surface area contributed by atoms with Crippen LogP contribution in [0.1, 0.15) is 77.8 Å². The van der Waals surface area contributed by atoms with E-state index in [0.717, 1.165) is 10.8 Å². The Kier molecular flexibility index (Phi) is 19.8. The topological polar surface area (TPSA) is 273 Å². The molecule has 1 heterocycles. The van der Waals surface area contributed by atoms with Gasteiger partial charge in [-0.3, -0.25) is 39.0 Å². The van der Waals surface area contributed by atoms with Gasteiger partial charge in [-0.2, -0.15) is 11.8 Å². The first-order valence-electron chi connectivity index (χ1n) is 22.1. The molecule has 10 N–H and O–H groups in total. The van der Waals surface area contributed by atoms with Crippen LogP contribution >= 0.6 is 11.8 Å². The fourth-order valence-corrected chi connectivity index (χ4v) is 8.09. The van der Waals surface area contributed by atoms with Crippen molar-refractivity contribution in [3.05, 3.63) is 83.9 Å². The Hall–Kier alpha value is -6.21. The Morgan fingerprint density at radius 3 is 2.00 bits per heavy atom. The molecule has 0 radical (unpaired) electrons. The second-order valence-corrected chi connectivity index (χ2v) is 18.7. The van der Waals surface area contributed by atoms with Crippen LogP contribution in [0.15, 0.2) is 72.8 Å². The van der Waals surface area contributed by atoms with Crippen LogP contribution in [0, 0.1) is 5.92 Å². The minimum absolute atomic E-state index is 0.00156. The molecule has 18 nitrogen and oxygen atoms in total. The molecule has 3 aromatic rings. The van der Waals surface area contributed by atoms with Gasteiger partial charge in [0.2, 0.25) is 35.4 Å². The molecule has 19 heteroatoms. The normalized spacial score (nSPS) is 16.0. The van der Waals surface area contributed by atoms with Gasteiger partial charge in [0, 0.05) is 25.8 Å². The van der Waals surface area contributed by atoms with E-state index < -0.39 is 89.3 Å². The van der Waals surface area contributed by atoms with Gasteiger partial charge in [0.15, 0.2) is 0 Å². The number of carbonyl (C=O) groups excluding carboxylic acids is 8. The highest BCUT2D eigenvalue weighted by atomic mass is 32.2. The number of benzene rings is 3. The first-order chi connectivity index (χ1) is 31.3. The Labute approximate surface area is 390 Å². The number of alkyl carbamates (subject to hydrolysis) is 1. The lowest BCUT2D eigenvalue weighted by Crippen LogP contribution is -2.59. The van der Waals surface area contributed by atoms with E-state index in [0.29, 0.717) is 23.3 Å². The number of primary amides is 1. The van der Waals surface area contributed by atoms with Crippen LogP contribution in [-0.2, 0) is 51.1 Å². The molecule has 0 aromatic heterocycles. The van der Waals surface area contributed by atoms with Crippen molar-refractivity contribution in [2.75, 3.05) is 18.6 Å². The van der Waals surface area contributed by atoms with Crippen LogP contribution in [-0.4, -0.2) is 113 Å². The van der Waals surface area contributed by atoms with Crippen molar-refractivity contribution in [3.63, 3.8) is 0 Å². The molecule has 0 saturated carbocycles. The van der Waals surface area contributed by atoms with Crippen LogP contribution < -0.4 is 43.6 Å². The fourth-order valence-electron chi connectivity index (χ4n) is 7.62. The lowest BCUT2D eigenvalue weighted by Gasteiger charge is -2.30. The largest absolute Gasteiger partial charge is 0.444 e. The molecule has 1 aliphatic heterocycles. The number of carbonyl (C=O) groups is 8. The summed E-state index contributed by atoms with van der Waals surface area (Å²) in [4.78, 5) is 110. The Morgan fingerprint density at radius 1 is 0.758 bits per heavy atom. The van der Waals surface area contributed by atoms with E-state index in [9.17, 15) is 38.4 Å². The smallest absolute Gasteiger partial charge is 0.408 e. The van der Waals surface area contributed by atoms with Crippen molar-refractivity contribution in [1.82, 2.24) is 36.9 Å². The van der Waals surface area contributed by atoms with E-state index in [4.69, 9.17) is 16.3 Å². The minimum Gasteiger partial charge on any atom is -0.444 e. The molecule has 1 fully saturated rings. The molecule has 1 saturated heterocycles. The Morgan fingerprint density at radius 2 is 1.36 bits per heavy atom. The second-order valence-electron chi connectivity index (χ2n) is 17.7. The van der Waals surface area contributed by atoms with Gasteiger partial charge in [-0.25, -0.2) is 10.6 Å². The van der Waals surface area contributed by atoms with Crippen LogP contribution in [0.3, 0.4) is 0 Å². The fraction of sp³-hybridized carbons (Fsp3) is 0.489. The molecule has 0 unspecified atom stereocenters. The monoisotopic (exact) mass is 931 g/mol. The number of amides is 8. The number of hydrogen-bond acceptors (Lipinski definition) is 11. The molecule has 0 aliphatic carbocycles. The first kappa shape index (κ1) is 52.4. The highest BCUT2D eigenvalue weighted by molar-refractivity contribution is 7.98. The van der Waals surface area contributed by atoms with Gasteiger partial charge in [0.05, 0.1) is 0 Å². The van der Waals surface area contributed by atoms with E-state index in [2.05, 4.69) is 32.0 Å². The maximum atomic E-state index is 14.6. The number of fused-ring (bicyclic) bond motifs is 1. The standard InChI is InChI=1S/C47H65N9O9S/c1-28(2)25-38(44(62)50-34(22-24-66-6)43(61)55-49)56-23-21-35(45(56)63)51-41(59)36(26-29-13-8-7-9-14-29)52-42(60)37(27-31-17-12-16-30-15-10-11-18-32(30)31)53-40(58)33(19-20-39(48)57)54-46(64)65-47(3,4)5/h7-18,28,33-38H,19-27,49H2,1-6H3,(H2,48,57)(H,50,62)(H,51,59)(H,52,60)(H,53,58)(H,54,64)(H,55,61)/t33-,34-,35+,36-,37-,38-/m0/s1. The molecule has 3 aromatic carbocycles. The van der Waals surface area contributed by atoms with Crippen LogP contribution in [0.2, 0.25) is 0 Å². The summed E-state index contributed by atoms with van der Waals surface area (Å²) in [5.74, 6) is 1.42. The number of nitrogens with zero attached hydrogens (tertiary/aromatic N) is 1. The zero-order chi connectivity index (χ0) is 48.6. The summed E-state index contributed by atoms with van der Waals surface area (Å²) in [6, 6.07) is 15.1. The van der Waals surface area contributed by atoms with Gasteiger partial charge in [-0.15, -0.1) is 0 Å². The zero-order valence-corrected chi connectivity index (χ0v) is 39.3. The molecular weight excluding hydrogens is 867 g/mol. The second kappa shape index (κ2) is 24.9. The lowest BCUT2D eigenvalue weighted by atomic mass is 9.97. The maximum absolute atomic E-state index is 14.6. The summed E-state index contributed by atoms with van der Waals surface area (Å²) in [5.41, 5.74) is 7.98. The molecule has 4 rings (SSSR count). The summed E-state index contributed by atoms with van der Waals surface area (Å²) in [6.45, 7) is 8.89. The summed E-state index contributed by atoms with van der Waals surface area (Å²) >= 11 is 1.50. The van der Waals surface area contributed by atoms with Crippen LogP contribution in [0.5, 0.6) is 0 Å². The lowest BCUT2D eigenvalue weighted by molar-refractivity contribution is -0.141. The predicted molar refractivity (Wildman–Crippen MR) is 252 cm³/mol. The van der Waals surface area contributed by atoms with Crippen molar-refractivity contribution in [3.8, 4) is 0 Å². The van der Waals surface area contributed by atoms with Gasteiger partial charge in [0.1, 0.15) is 41.9 Å².